The average Bonchev–Trinajstić information content (AvgIpc) is 3.81. The summed E-state index contributed by atoms with van der Waals surface area (Å²) in [4.78, 5) is 77.4. The Hall–Kier alpha value is -5.21. The minimum atomic E-state index is -5.25. The molecule has 382 valence electrons. The highest BCUT2D eigenvalue weighted by molar-refractivity contribution is 7.85. The summed E-state index contributed by atoms with van der Waals surface area (Å²) in [6, 6.07) is 10.1. The Balaban J connectivity index is 0.952. The molecule has 5 aromatic rings. The zero-order chi connectivity index (χ0) is 50.8. The molecule has 0 spiro atoms. The molecule has 0 saturated carbocycles. The molecule has 5 heterocycles. The summed E-state index contributed by atoms with van der Waals surface area (Å²) in [5, 5.41) is 17.6. The first-order chi connectivity index (χ1) is 33.2. The number of hydrogen-bond acceptors (Lipinski definition) is 18. The van der Waals surface area contributed by atoms with Gasteiger partial charge in [0, 0.05) is 68.3 Å². The summed E-state index contributed by atoms with van der Waals surface area (Å²) in [6.07, 6.45) is 3.68. The maximum absolute atomic E-state index is 12.9. The predicted molar refractivity (Wildman–Crippen MR) is 253 cm³/mol. The number of amides is 1. The number of aliphatic hydroxyl groups excluding tert-OH is 1. The van der Waals surface area contributed by atoms with E-state index in [0.29, 0.717) is 69.4 Å². The lowest BCUT2D eigenvalue weighted by Gasteiger charge is -2.23. The van der Waals surface area contributed by atoms with Crippen LogP contribution in [0.1, 0.15) is 82.7 Å². The Bertz CT molecular complexity index is 2920. The standard InChI is InChI=1S/C42H57N9O16P2S/c1-3-49(4-2)30-16-13-27-22-28(41(54)66-32(27)23-30)14-15-29-17-18-31(70(61,62)63)24-50(29)21-11-7-8-12-34(52)44-19-9-5-6-10-20-45-42-48-35-38(43)46-26-47-39(35)51(42)40-37(67-69(58,59)60)36(53)33(65-40)25-64-68(55,56)57/h13-18,22-24,26,33,36-37,40,53H,3-12,19-21,25H2,1-2H3,(H8-,43,44,45,46,47,48,52,55,56,57,58,59,60,61,62,63)/t33-,36-,37-,40-/m1/s1. The Morgan fingerprint density at radius 3 is 2.41 bits per heavy atom. The zero-order valence-corrected chi connectivity index (χ0v) is 40.9. The number of anilines is 3. The molecule has 1 amide bonds. The smallest absolute Gasteiger partial charge is 0.470 e. The molecule has 1 aliphatic rings. The van der Waals surface area contributed by atoms with Gasteiger partial charge in [0.15, 0.2) is 29.4 Å². The summed E-state index contributed by atoms with van der Waals surface area (Å²) in [7, 11) is -15.0. The first-order valence-electron chi connectivity index (χ1n) is 22.4. The molecular weight excluding hydrogens is 981 g/mol. The maximum atomic E-state index is 12.9. The van der Waals surface area contributed by atoms with Crippen LogP contribution in [0.2, 0.25) is 0 Å². The molecule has 1 saturated heterocycles. The number of carbonyl (C=O) groups is 1. The van der Waals surface area contributed by atoms with E-state index in [9.17, 15) is 46.6 Å². The summed E-state index contributed by atoms with van der Waals surface area (Å²) in [5.41, 5.74) is 7.84. The molecule has 0 bridgehead atoms. The number of rotatable bonds is 26. The van der Waals surface area contributed by atoms with Crippen molar-refractivity contribution < 1.29 is 74.3 Å². The predicted octanol–water partition coefficient (Wildman–Crippen LogP) is 2.92. The molecule has 4 aromatic heterocycles. The Morgan fingerprint density at radius 1 is 0.986 bits per heavy atom. The van der Waals surface area contributed by atoms with Crippen molar-refractivity contribution in [3.05, 3.63) is 70.6 Å². The van der Waals surface area contributed by atoms with E-state index in [0.717, 1.165) is 36.9 Å². The van der Waals surface area contributed by atoms with Crippen molar-refractivity contribution >= 4 is 83.4 Å². The second kappa shape index (κ2) is 23.8. The van der Waals surface area contributed by atoms with Crippen molar-refractivity contribution in [2.75, 3.05) is 48.7 Å². The summed E-state index contributed by atoms with van der Waals surface area (Å²) in [5.74, 6) is -0.117. The van der Waals surface area contributed by atoms with Crippen molar-refractivity contribution in [3.63, 3.8) is 0 Å². The molecular formula is C42H57N9O16P2S. The molecule has 1 aliphatic heterocycles. The van der Waals surface area contributed by atoms with Crippen molar-refractivity contribution in [3.8, 4) is 0 Å². The van der Waals surface area contributed by atoms with E-state index in [1.165, 1.54) is 22.9 Å². The van der Waals surface area contributed by atoms with E-state index >= 15 is 0 Å². The number of aliphatic hydroxyl groups is 1. The third-order valence-electron chi connectivity index (χ3n) is 11.4. The molecule has 9 N–H and O–H groups in total. The van der Waals surface area contributed by atoms with E-state index in [1.54, 1.807) is 22.8 Å². The van der Waals surface area contributed by atoms with Crippen LogP contribution in [0, 0.1) is 0 Å². The van der Waals surface area contributed by atoms with E-state index < -0.39 is 67.4 Å². The number of pyridine rings is 1. The summed E-state index contributed by atoms with van der Waals surface area (Å²) >= 11 is 0. The number of phosphoric acid groups is 2. The third-order valence-corrected chi connectivity index (χ3v) is 13.2. The number of nitrogens with zero attached hydrogens (tertiary/aromatic N) is 6. The van der Waals surface area contributed by atoms with Crippen LogP contribution in [0.4, 0.5) is 17.5 Å². The number of hydrogen-bond donors (Lipinski definition) is 8. The highest BCUT2D eigenvalue weighted by Gasteiger charge is 2.50. The van der Waals surface area contributed by atoms with Crippen LogP contribution in [0.5, 0.6) is 0 Å². The van der Waals surface area contributed by atoms with Crippen LogP contribution in [0.3, 0.4) is 0 Å². The van der Waals surface area contributed by atoms with Gasteiger partial charge in [-0.1, -0.05) is 12.8 Å². The number of nitrogens with one attached hydrogen (secondary N) is 2. The van der Waals surface area contributed by atoms with E-state index in [1.807, 2.05) is 32.0 Å². The zero-order valence-electron chi connectivity index (χ0n) is 38.3. The number of nitrogen functional groups attached to an aromatic ring is 1. The van der Waals surface area contributed by atoms with Gasteiger partial charge in [-0.15, -0.1) is 0 Å². The van der Waals surface area contributed by atoms with Gasteiger partial charge in [-0.2, -0.15) is 4.57 Å². The second-order valence-electron chi connectivity index (χ2n) is 16.3. The largest absolute Gasteiger partial charge is 0.744 e. The van der Waals surface area contributed by atoms with Gasteiger partial charge in [0.25, 0.3) is 0 Å². The summed E-state index contributed by atoms with van der Waals surface area (Å²) in [6.45, 7) is 5.91. The Labute approximate surface area is 401 Å². The summed E-state index contributed by atoms with van der Waals surface area (Å²) < 4.78 is 82.5. The molecule has 6 rings (SSSR count). The SMILES string of the molecule is CCN(CC)c1ccc2cc(/C=C/c3ccc(S(=O)(=O)[O-])c[n+]3CCCCCC(=O)NCCCCCCNc3nc4c(N)ncnc4n3[C@@H]3O[C@H](COP(=O)(O)O)[C@@H](O)[C@H]3OP(=O)(O)O)c(=O)oc2c1. The maximum Gasteiger partial charge on any atom is 0.470 e. The van der Waals surface area contributed by atoms with Gasteiger partial charge in [-0.25, -0.2) is 37.3 Å². The Kier molecular flexibility index (Phi) is 18.4. The lowest BCUT2D eigenvalue weighted by Crippen LogP contribution is -2.37. The van der Waals surface area contributed by atoms with Gasteiger partial charge in [0.1, 0.15) is 51.8 Å². The van der Waals surface area contributed by atoms with Crippen molar-refractivity contribution in [1.82, 2.24) is 24.8 Å². The number of nitrogens with two attached hydrogens (primary N) is 1. The first kappa shape index (κ1) is 54.1. The van der Waals surface area contributed by atoms with Gasteiger partial charge in [-0.05, 0) is 69.9 Å². The fourth-order valence-electron chi connectivity index (χ4n) is 7.88. The monoisotopic (exact) mass is 1040 g/mol. The van der Waals surface area contributed by atoms with Gasteiger partial charge in [0.2, 0.25) is 17.5 Å². The molecule has 4 atom stereocenters. The molecule has 1 aromatic carbocycles. The molecule has 1 fully saturated rings. The number of fused-ring (bicyclic) bond motifs is 2. The minimum absolute atomic E-state index is 0.0404. The highest BCUT2D eigenvalue weighted by atomic mass is 32.2. The van der Waals surface area contributed by atoms with Crippen molar-refractivity contribution in [2.24, 2.45) is 0 Å². The average molecular weight is 1040 g/mol. The lowest BCUT2D eigenvalue weighted by atomic mass is 10.1. The Morgan fingerprint density at radius 2 is 1.71 bits per heavy atom. The van der Waals surface area contributed by atoms with Crippen molar-refractivity contribution in [1.29, 1.82) is 0 Å². The van der Waals surface area contributed by atoms with Crippen LogP contribution in [-0.2, 0) is 44.4 Å². The lowest BCUT2D eigenvalue weighted by molar-refractivity contribution is -0.700. The van der Waals surface area contributed by atoms with E-state index in [-0.39, 0.29) is 40.8 Å². The van der Waals surface area contributed by atoms with E-state index in [4.69, 9.17) is 29.2 Å². The third kappa shape index (κ3) is 14.7. The van der Waals surface area contributed by atoms with Crippen LogP contribution >= 0.6 is 15.6 Å². The van der Waals surface area contributed by atoms with Crippen LogP contribution in [-0.4, -0.2) is 114 Å². The number of aryl methyl sites for hydroxylation is 1. The van der Waals surface area contributed by atoms with Crippen LogP contribution in [0.15, 0.2) is 63.0 Å². The number of phosphoric ester groups is 2. The number of ether oxygens (including phenoxy) is 1. The van der Waals surface area contributed by atoms with Gasteiger partial charge >= 0.3 is 21.3 Å². The highest BCUT2D eigenvalue weighted by Crippen LogP contribution is 2.47. The topological polar surface area (TPSA) is 368 Å². The van der Waals surface area contributed by atoms with Crippen LogP contribution in [0.25, 0.3) is 34.3 Å². The fourth-order valence-corrected chi connectivity index (χ4v) is 9.26. The molecule has 0 radical (unpaired) electrons. The number of carbonyl (C=O) groups excluding carboxylic acids is 1. The van der Waals surface area contributed by atoms with E-state index in [2.05, 4.69) is 35.0 Å². The number of unbranched alkanes of at least 4 members (excludes halogenated alkanes) is 5. The number of aromatic nitrogens is 5. The van der Waals surface area contributed by atoms with Crippen LogP contribution < -0.4 is 31.5 Å². The molecule has 25 nitrogen and oxygen atoms in total. The normalized spacial score (nSPS) is 17.8. The van der Waals surface area contributed by atoms with Gasteiger partial charge < -0.3 is 59.7 Å². The van der Waals surface area contributed by atoms with Gasteiger partial charge in [-0.3, -0.25) is 18.4 Å². The fraction of sp³-hybridized carbons (Fsp3) is 0.476. The number of imidazole rings is 1. The quantitative estimate of drug-likeness (QED) is 0.0130. The molecule has 0 aliphatic carbocycles. The molecule has 28 heteroatoms. The minimum Gasteiger partial charge on any atom is -0.744 e. The molecule has 0 unspecified atom stereocenters. The van der Waals surface area contributed by atoms with Crippen molar-refractivity contribution in [2.45, 2.75) is 101 Å². The second-order valence-corrected chi connectivity index (χ2v) is 20.1. The molecule has 70 heavy (non-hydrogen) atoms. The first-order valence-corrected chi connectivity index (χ1v) is 26.9. The number of benzene rings is 1. The van der Waals surface area contributed by atoms with Gasteiger partial charge in [0.05, 0.1) is 12.2 Å².